The van der Waals surface area contributed by atoms with Crippen LogP contribution in [0, 0.1) is 6.92 Å². The topological polar surface area (TPSA) is 46.5 Å². The summed E-state index contributed by atoms with van der Waals surface area (Å²) in [5, 5.41) is 5.32. The van der Waals surface area contributed by atoms with Crippen molar-refractivity contribution in [3.8, 4) is 5.75 Å². The second-order valence-corrected chi connectivity index (χ2v) is 4.97. The minimum atomic E-state index is 0.796. The maximum Gasteiger partial charge on any atom is 0.121 e. The summed E-state index contributed by atoms with van der Waals surface area (Å²) in [7, 11) is 1.65. The molecule has 0 bridgehead atoms. The van der Waals surface area contributed by atoms with Gasteiger partial charge in [0.1, 0.15) is 5.75 Å². The molecule has 0 radical (unpaired) electrons. The number of aromatic nitrogens is 1. The molecule has 110 valence electrons. The van der Waals surface area contributed by atoms with Gasteiger partial charge in [-0.25, -0.2) is 0 Å². The molecule has 0 aliphatic heterocycles. The number of nitrogens with one attached hydrogen (secondary N) is 1. The fourth-order valence-corrected chi connectivity index (χ4v) is 2.28. The van der Waals surface area contributed by atoms with Crippen LogP contribution in [-0.2, 0) is 0 Å². The molecular weight excluding hydrogens is 274 g/mol. The van der Waals surface area contributed by atoms with E-state index in [0.29, 0.717) is 0 Å². The van der Waals surface area contributed by atoms with Gasteiger partial charge < -0.3 is 4.74 Å². The molecule has 1 N–H and O–H groups in total. The van der Waals surface area contributed by atoms with E-state index in [-0.39, 0.29) is 0 Å². The molecule has 0 amide bonds. The number of methoxy groups -OCH3 is 1. The van der Waals surface area contributed by atoms with Crippen molar-refractivity contribution in [1.29, 1.82) is 0 Å². The van der Waals surface area contributed by atoms with Gasteiger partial charge in [0.15, 0.2) is 0 Å². The number of hydrogen-bond donors (Lipinski definition) is 1. The van der Waals surface area contributed by atoms with Gasteiger partial charge in [-0.05, 0) is 30.7 Å². The van der Waals surface area contributed by atoms with Crippen LogP contribution < -0.4 is 10.2 Å². The van der Waals surface area contributed by atoms with Crippen LogP contribution >= 0.6 is 0 Å². The average Bonchev–Trinajstić information content (AvgIpc) is 2.55. The summed E-state index contributed by atoms with van der Waals surface area (Å²) in [6, 6.07) is 17.8. The molecular formula is C18H17N3O. The second kappa shape index (κ2) is 6.26. The Morgan fingerprint density at radius 3 is 2.68 bits per heavy atom. The molecule has 0 aliphatic carbocycles. The molecule has 0 atom stereocenters. The summed E-state index contributed by atoms with van der Waals surface area (Å²) in [6.45, 7) is 1.96. The van der Waals surface area contributed by atoms with E-state index < -0.39 is 0 Å². The van der Waals surface area contributed by atoms with Crippen molar-refractivity contribution >= 4 is 22.8 Å². The largest absolute Gasteiger partial charge is 0.497 e. The number of hydrazone groups is 1. The van der Waals surface area contributed by atoms with E-state index >= 15 is 0 Å². The average molecular weight is 291 g/mol. The lowest BCUT2D eigenvalue weighted by Crippen LogP contribution is -1.95. The number of anilines is 1. The zero-order chi connectivity index (χ0) is 15.4. The number of rotatable bonds is 4. The number of hydrogen-bond acceptors (Lipinski definition) is 4. The standard InChI is InChI=1S/C18H17N3O/c1-13-10-18(21-19-12-14-6-4-3-5-7-14)16-9-8-15(22-2)11-17(16)20-13/h3-12H,1-2H3,(H,20,21)/b19-12+. The molecule has 3 aromatic rings. The molecule has 0 aliphatic rings. The minimum absolute atomic E-state index is 0.796. The first-order valence-corrected chi connectivity index (χ1v) is 7.06. The van der Waals surface area contributed by atoms with Gasteiger partial charge in [-0.1, -0.05) is 30.3 Å². The van der Waals surface area contributed by atoms with E-state index in [1.807, 2.05) is 61.5 Å². The summed E-state index contributed by atoms with van der Waals surface area (Å²) in [4.78, 5) is 4.54. The lowest BCUT2D eigenvalue weighted by molar-refractivity contribution is 0.415. The highest BCUT2D eigenvalue weighted by atomic mass is 16.5. The normalized spacial score (nSPS) is 11.0. The Balaban J connectivity index is 1.91. The predicted octanol–water partition coefficient (Wildman–Crippen LogP) is 4.00. The quantitative estimate of drug-likeness (QED) is 0.584. The SMILES string of the molecule is COc1ccc2c(N/N=C/c3ccccc3)cc(C)nc2c1. The Morgan fingerprint density at radius 2 is 1.91 bits per heavy atom. The minimum Gasteiger partial charge on any atom is -0.497 e. The fourth-order valence-electron chi connectivity index (χ4n) is 2.28. The van der Waals surface area contributed by atoms with Crippen LogP contribution in [0.15, 0.2) is 59.7 Å². The van der Waals surface area contributed by atoms with Crippen LogP contribution in [0.25, 0.3) is 10.9 Å². The maximum atomic E-state index is 5.25. The Hall–Kier alpha value is -2.88. The summed E-state index contributed by atoms with van der Waals surface area (Å²) in [5.74, 6) is 0.796. The van der Waals surface area contributed by atoms with Gasteiger partial charge in [-0.3, -0.25) is 10.4 Å². The monoisotopic (exact) mass is 291 g/mol. The molecule has 22 heavy (non-hydrogen) atoms. The Labute approximate surface area is 129 Å². The number of ether oxygens (including phenoxy) is 1. The first kappa shape index (κ1) is 14.1. The Kier molecular flexibility index (Phi) is 4.01. The van der Waals surface area contributed by atoms with Crippen molar-refractivity contribution in [2.75, 3.05) is 12.5 Å². The van der Waals surface area contributed by atoms with E-state index in [1.165, 1.54) is 0 Å². The van der Waals surface area contributed by atoms with Crippen molar-refractivity contribution in [3.63, 3.8) is 0 Å². The number of aryl methyl sites for hydroxylation is 1. The van der Waals surface area contributed by atoms with Gasteiger partial charge in [0, 0.05) is 17.1 Å². The third kappa shape index (κ3) is 3.06. The highest BCUT2D eigenvalue weighted by Gasteiger charge is 2.04. The zero-order valence-electron chi connectivity index (χ0n) is 12.6. The fraction of sp³-hybridized carbons (Fsp3) is 0.111. The molecule has 0 saturated carbocycles. The zero-order valence-corrected chi connectivity index (χ0v) is 12.6. The van der Waals surface area contributed by atoms with Crippen molar-refractivity contribution in [1.82, 2.24) is 4.98 Å². The molecule has 4 nitrogen and oxygen atoms in total. The predicted molar refractivity (Wildman–Crippen MR) is 90.7 cm³/mol. The van der Waals surface area contributed by atoms with Crippen molar-refractivity contribution in [2.45, 2.75) is 6.92 Å². The van der Waals surface area contributed by atoms with E-state index in [0.717, 1.165) is 33.6 Å². The van der Waals surface area contributed by atoms with Gasteiger partial charge in [-0.2, -0.15) is 5.10 Å². The van der Waals surface area contributed by atoms with E-state index in [1.54, 1.807) is 13.3 Å². The van der Waals surface area contributed by atoms with Gasteiger partial charge in [0.25, 0.3) is 0 Å². The van der Waals surface area contributed by atoms with Crippen LogP contribution in [0.4, 0.5) is 5.69 Å². The van der Waals surface area contributed by atoms with Crippen LogP contribution in [0.1, 0.15) is 11.3 Å². The lowest BCUT2D eigenvalue weighted by atomic mass is 10.1. The van der Waals surface area contributed by atoms with Crippen molar-refractivity contribution < 1.29 is 4.74 Å². The first-order valence-electron chi connectivity index (χ1n) is 7.06. The van der Waals surface area contributed by atoms with Crippen LogP contribution in [0.3, 0.4) is 0 Å². The maximum absolute atomic E-state index is 5.25. The highest BCUT2D eigenvalue weighted by Crippen LogP contribution is 2.26. The van der Waals surface area contributed by atoms with Crippen LogP contribution in [-0.4, -0.2) is 18.3 Å². The number of nitrogens with zero attached hydrogens (tertiary/aromatic N) is 2. The molecule has 0 fully saturated rings. The second-order valence-electron chi connectivity index (χ2n) is 4.97. The van der Waals surface area contributed by atoms with Gasteiger partial charge in [-0.15, -0.1) is 0 Å². The smallest absolute Gasteiger partial charge is 0.121 e. The Bertz CT molecular complexity index is 813. The van der Waals surface area contributed by atoms with Gasteiger partial charge in [0.05, 0.1) is 24.5 Å². The van der Waals surface area contributed by atoms with E-state index in [2.05, 4.69) is 15.5 Å². The number of pyridine rings is 1. The molecule has 4 heteroatoms. The molecule has 2 aromatic carbocycles. The molecule has 1 heterocycles. The third-order valence-corrected chi connectivity index (χ3v) is 3.34. The van der Waals surface area contributed by atoms with Crippen LogP contribution in [0.2, 0.25) is 0 Å². The van der Waals surface area contributed by atoms with E-state index in [9.17, 15) is 0 Å². The van der Waals surface area contributed by atoms with Crippen LogP contribution in [0.5, 0.6) is 5.75 Å². The number of benzene rings is 2. The summed E-state index contributed by atoms with van der Waals surface area (Å²) in [5.41, 5.74) is 6.89. The molecule has 0 saturated heterocycles. The van der Waals surface area contributed by atoms with Gasteiger partial charge >= 0.3 is 0 Å². The van der Waals surface area contributed by atoms with Gasteiger partial charge in [0.2, 0.25) is 0 Å². The third-order valence-electron chi connectivity index (χ3n) is 3.34. The number of fused-ring (bicyclic) bond motifs is 1. The summed E-state index contributed by atoms with van der Waals surface area (Å²) < 4.78 is 5.25. The highest BCUT2D eigenvalue weighted by molar-refractivity contribution is 5.92. The summed E-state index contributed by atoms with van der Waals surface area (Å²) in [6.07, 6.45) is 1.80. The Morgan fingerprint density at radius 1 is 1.09 bits per heavy atom. The molecule has 1 aromatic heterocycles. The summed E-state index contributed by atoms with van der Waals surface area (Å²) >= 11 is 0. The molecule has 0 spiro atoms. The van der Waals surface area contributed by atoms with Crippen molar-refractivity contribution in [2.24, 2.45) is 5.10 Å². The molecule has 0 unspecified atom stereocenters. The van der Waals surface area contributed by atoms with E-state index in [4.69, 9.17) is 4.74 Å². The first-order chi connectivity index (χ1) is 10.8. The molecule has 3 rings (SSSR count). The van der Waals surface area contributed by atoms with Crippen molar-refractivity contribution in [3.05, 3.63) is 65.9 Å². The lowest BCUT2D eigenvalue weighted by Gasteiger charge is -2.08.